The van der Waals surface area contributed by atoms with Gasteiger partial charge in [-0.05, 0) is 31.4 Å². The average molecular weight is 297 g/mol. The number of likely N-dealkylation sites (tertiary alicyclic amines) is 1. The number of sulfonamides is 1. The Morgan fingerprint density at radius 3 is 2.75 bits per heavy atom. The van der Waals surface area contributed by atoms with Gasteiger partial charge in [-0.25, -0.2) is 13.1 Å². The van der Waals surface area contributed by atoms with E-state index >= 15 is 0 Å². The Balaban J connectivity index is 2.09. The Labute approximate surface area is 119 Å². The zero-order valence-electron chi connectivity index (χ0n) is 11.4. The van der Waals surface area contributed by atoms with E-state index in [0.717, 1.165) is 25.5 Å². The lowest BCUT2D eigenvalue weighted by molar-refractivity contribution is 0.0618. The standard InChI is InChI=1S/C13H19N3O3S/c1-20(18,19)15-10-12-4-2-3-9-16(12)13(17)11-5-7-14-8-6-11/h5-8,12,15H,2-4,9-10H2,1H3. The maximum absolute atomic E-state index is 12.5. The zero-order valence-corrected chi connectivity index (χ0v) is 12.3. The molecular formula is C13H19N3O3S. The molecule has 1 saturated heterocycles. The summed E-state index contributed by atoms with van der Waals surface area (Å²) in [5.74, 6) is -0.0626. The van der Waals surface area contributed by atoms with E-state index in [1.54, 1.807) is 29.4 Å². The van der Waals surface area contributed by atoms with Crippen LogP contribution in [-0.4, -0.2) is 49.6 Å². The van der Waals surface area contributed by atoms with E-state index < -0.39 is 10.0 Å². The molecule has 1 aliphatic heterocycles. The first-order valence-electron chi connectivity index (χ1n) is 6.63. The van der Waals surface area contributed by atoms with Gasteiger partial charge >= 0.3 is 0 Å². The van der Waals surface area contributed by atoms with Crippen molar-refractivity contribution in [2.45, 2.75) is 25.3 Å². The van der Waals surface area contributed by atoms with Gasteiger partial charge < -0.3 is 4.90 Å². The lowest BCUT2D eigenvalue weighted by Gasteiger charge is -2.35. The first-order valence-corrected chi connectivity index (χ1v) is 8.52. The number of pyridine rings is 1. The van der Waals surface area contributed by atoms with Gasteiger partial charge in [0.25, 0.3) is 5.91 Å². The Morgan fingerprint density at radius 2 is 2.10 bits per heavy atom. The Morgan fingerprint density at radius 1 is 1.40 bits per heavy atom. The normalized spacial score (nSPS) is 19.9. The fourth-order valence-electron chi connectivity index (χ4n) is 2.39. The molecule has 0 spiro atoms. The summed E-state index contributed by atoms with van der Waals surface area (Å²) in [6.07, 6.45) is 7.08. The fraction of sp³-hybridized carbons (Fsp3) is 0.538. The summed E-state index contributed by atoms with van der Waals surface area (Å²) in [6.45, 7) is 0.937. The third-order valence-electron chi connectivity index (χ3n) is 3.40. The molecule has 1 fully saturated rings. The maximum atomic E-state index is 12.5. The van der Waals surface area contributed by atoms with Crippen LogP contribution in [0.1, 0.15) is 29.6 Å². The molecule has 1 unspecified atom stereocenters. The van der Waals surface area contributed by atoms with Crippen molar-refractivity contribution in [1.82, 2.24) is 14.6 Å². The zero-order chi connectivity index (χ0) is 14.6. The van der Waals surface area contributed by atoms with Crippen molar-refractivity contribution in [3.05, 3.63) is 30.1 Å². The Kier molecular flexibility index (Phi) is 4.72. The minimum absolute atomic E-state index is 0.0626. The summed E-state index contributed by atoms with van der Waals surface area (Å²) >= 11 is 0. The Bertz CT molecular complexity index is 559. The molecule has 1 aromatic rings. The number of aromatic nitrogens is 1. The van der Waals surface area contributed by atoms with Crippen molar-refractivity contribution in [2.75, 3.05) is 19.3 Å². The van der Waals surface area contributed by atoms with Gasteiger partial charge in [-0.1, -0.05) is 0 Å². The highest BCUT2D eigenvalue weighted by molar-refractivity contribution is 7.88. The summed E-state index contributed by atoms with van der Waals surface area (Å²) in [6, 6.07) is 3.27. The van der Waals surface area contributed by atoms with Crippen LogP contribution in [0.3, 0.4) is 0 Å². The molecule has 0 aliphatic carbocycles. The van der Waals surface area contributed by atoms with E-state index in [0.29, 0.717) is 12.1 Å². The summed E-state index contributed by atoms with van der Waals surface area (Å²) < 4.78 is 24.9. The quantitative estimate of drug-likeness (QED) is 0.884. The average Bonchev–Trinajstić information content (AvgIpc) is 2.45. The summed E-state index contributed by atoms with van der Waals surface area (Å²) in [5.41, 5.74) is 0.589. The predicted octanol–water partition coefficient (Wildman–Crippen LogP) is 0.625. The highest BCUT2D eigenvalue weighted by Crippen LogP contribution is 2.19. The third kappa shape index (κ3) is 4.01. The van der Waals surface area contributed by atoms with Crippen molar-refractivity contribution in [1.29, 1.82) is 0 Å². The van der Waals surface area contributed by atoms with Crippen LogP contribution < -0.4 is 4.72 Å². The molecule has 1 atom stereocenters. The number of amides is 1. The van der Waals surface area contributed by atoms with E-state index in [-0.39, 0.29) is 18.5 Å². The Hall–Kier alpha value is -1.47. The molecule has 0 aromatic carbocycles. The smallest absolute Gasteiger partial charge is 0.254 e. The first-order chi connectivity index (χ1) is 9.47. The third-order valence-corrected chi connectivity index (χ3v) is 4.09. The molecule has 6 nitrogen and oxygen atoms in total. The van der Waals surface area contributed by atoms with Crippen LogP contribution in [0, 0.1) is 0 Å². The van der Waals surface area contributed by atoms with E-state index in [9.17, 15) is 13.2 Å². The van der Waals surface area contributed by atoms with Gasteiger partial charge in [-0.2, -0.15) is 0 Å². The second-order valence-electron chi connectivity index (χ2n) is 5.00. The van der Waals surface area contributed by atoms with Gasteiger partial charge in [0.1, 0.15) is 0 Å². The molecule has 0 saturated carbocycles. The number of piperidine rings is 1. The van der Waals surface area contributed by atoms with E-state index in [1.807, 2.05) is 0 Å². The lowest BCUT2D eigenvalue weighted by Crippen LogP contribution is -2.49. The largest absolute Gasteiger partial charge is 0.334 e. The molecule has 1 amide bonds. The molecule has 2 rings (SSSR count). The van der Waals surface area contributed by atoms with E-state index in [4.69, 9.17) is 0 Å². The van der Waals surface area contributed by atoms with Crippen LogP contribution in [-0.2, 0) is 10.0 Å². The molecule has 1 aliphatic rings. The van der Waals surface area contributed by atoms with Gasteiger partial charge in [-0.15, -0.1) is 0 Å². The molecule has 7 heteroatoms. The fourth-order valence-corrected chi connectivity index (χ4v) is 2.88. The monoisotopic (exact) mass is 297 g/mol. The van der Waals surface area contributed by atoms with Gasteiger partial charge in [0.15, 0.2) is 0 Å². The number of hydrogen-bond acceptors (Lipinski definition) is 4. The number of hydrogen-bond donors (Lipinski definition) is 1. The highest BCUT2D eigenvalue weighted by Gasteiger charge is 2.27. The van der Waals surface area contributed by atoms with Crippen molar-refractivity contribution < 1.29 is 13.2 Å². The number of nitrogens with zero attached hydrogens (tertiary/aromatic N) is 2. The molecule has 20 heavy (non-hydrogen) atoms. The number of rotatable bonds is 4. The van der Waals surface area contributed by atoms with Crippen molar-refractivity contribution >= 4 is 15.9 Å². The molecule has 0 radical (unpaired) electrons. The number of carbonyl (C=O) groups excluding carboxylic acids is 1. The second kappa shape index (κ2) is 6.32. The van der Waals surface area contributed by atoms with Crippen LogP contribution in [0.5, 0.6) is 0 Å². The van der Waals surface area contributed by atoms with Gasteiger partial charge in [0.05, 0.1) is 6.26 Å². The lowest BCUT2D eigenvalue weighted by atomic mass is 10.0. The van der Waals surface area contributed by atoms with Gasteiger partial charge in [-0.3, -0.25) is 9.78 Å². The number of carbonyl (C=O) groups is 1. The minimum atomic E-state index is -3.24. The highest BCUT2D eigenvalue weighted by atomic mass is 32.2. The predicted molar refractivity (Wildman–Crippen MR) is 75.8 cm³/mol. The first kappa shape index (κ1) is 14.9. The van der Waals surface area contributed by atoms with Crippen LogP contribution in [0.25, 0.3) is 0 Å². The van der Waals surface area contributed by atoms with Crippen molar-refractivity contribution in [3.8, 4) is 0 Å². The molecule has 110 valence electrons. The van der Waals surface area contributed by atoms with Crippen LogP contribution in [0.2, 0.25) is 0 Å². The SMILES string of the molecule is CS(=O)(=O)NCC1CCCCN1C(=O)c1ccncc1. The van der Waals surface area contributed by atoms with Crippen LogP contribution in [0.15, 0.2) is 24.5 Å². The van der Waals surface area contributed by atoms with Gasteiger partial charge in [0, 0.05) is 37.1 Å². The topological polar surface area (TPSA) is 79.4 Å². The van der Waals surface area contributed by atoms with E-state index in [1.165, 1.54) is 0 Å². The maximum Gasteiger partial charge on any atom is 0.254 e. The summed E-state index contributed by atoms with van der Waals surface area (Å²) in [5, 5.41) is 0. The van der Waals surface area contributed by atoms with Gasteiger partial charge in [0.2, 0.25) is 10.0 Å². The van der Waals surface area contributed by atoms with E-state index in [2.05, 4.69) is 9.71 Å². The summed E-state index contributed by atoms with van der Waals surface area (Å²) in [7, 11) is -3.24. The number of nitrogens with one attached hydrogen (secondary N) is 1. The molecule has 1 N–H and O–H groups in total. The van der Waals surface area contributed by atoms with Crippen molar-refractivity contribution in [3.63, 3.8) is 0 Å². The van der Waals surface area contributed by atoms with Crippen molar-refractivity contribution in [2.24, 2.45) is 0 Å². The molecule has 1 aromatic heterocycles. The molecular weight excluding hydrogens is 278 g/mol. The van der Waals surface area contributed by atoms with Crippen LogP contribution >= 0.6 is 0 Å². The molecule has 2 heterocycles. The molecule has 0 bridgehead atoms. The summed E-state index contributed by atoms with van der Waals surface area (Å²) in [4.78, 5) is 18.1. The minimum Gasteiger partial charge on any atom is -0.334 e. The van der Waals surface area contributed by atoms with Crippen LogP contribution in [0.4, 0.5) is 0 Å². The second-order valence-corrected chi connectivity index (χ2v) is 6.84.